The second-order valence-electron chi connectivity index (χ2n) is 8.79. The highest BCUT2D eigenvalue weighted by Crippen LogP contribution is 2.34. The molecule has 0 unspecified atom stereocenters. The summed E-state index contributed by atoms with van der Waals surface area (Å²) >= 11 is 6.54. The SMILES string of the molecule is CN(C)C1CCN(Cc2c(CC3CCCCC3)[nH]c3ccnc(Cl)c23)CC1. The van der Waals surface area contributed by atoms with E-state index in [0.717, 1.165) is 48.9 Å². The van der Waals surface area contributed by atoms with E-state index in [9.17, 15) is 0 Å². The second kappa shape index (κ2) is 8.50. The molecule has 0 spiro atoms. The highest BCUT2D eigenvalue weighted by Gasteiger charge is 2.25. The first-order valence-corrected chi connectivity index (χ1v) is 11.0. The van der Waals surface area contributed by atoms with Gasteiger partial charge in [-0.05, 0) is 64.0 Å². The zero-order chi connectivity index (χ0) is 18.8. The van der Waals surface area contributed by atoms with Gasteiger partial charge in [0.25, 0.3) is 0 Å². The molecule has 1 aliphatic heterocycles. The lowest BCUT2D eigenvalue weighted by Gasteiger charge is -2.35. The van der Waals surface area contributed by atoms with Crippen LogP contribution < -0.4 is 0 Å². The number of H-pyrrole nitrogens is 1. The van der Waals surface area contributed by atoms with Crippen LogP contribution in [0.5, 0.6) is 0 Å². The van der Waals surface area contributed by atoms with Crippen LogP contribution in [-0.4, -0.2) is 53.0 Å². The standard InChI is InChI=1S/C22H33ClN4/c1-26(2)17-9-12-27(13-10-17)15-18-20(14-16-6-4-3-5-7-16)25-19-8-11-24-22(23)21(18)19/h8,11,16-17,25H,3-7,9-10,12-15H2,1-2H3. The number of nitrogens with zero attached hydrogens (tertiary/aromatic N) is 3. The van der Waals surface area contributed by atoms with Crippen molar-refractivity contribution in [2.45, 2.75) is 64.0 Å². The highest BCUT2D eigenvalue weighted by atomic mass is 35.5. The maximum Gasteiger partial charge on any atom is 0.138 e. The molecule has 2 fully saturated rings. The molecule has 4 rings (SSSR count). The van der Waals surface area contributed by atoms with E-state index in [2.05, 4.69) is 39.9 Å². The van der Waals surface area contributed by atoms with Gasteiger partial charge in [0.15, 0.2) is 0 Å². The minimum atomic E-state index is 0.650. The summed E-state index contributed by atoms with van der Waals surface area (Å²) in [5, 5.41) is 1.80. The molecule has 148 valence electrons. The molecule has 1 N–H and O–H groups in total. The number of piperidine rings is 1. The summed E-state index contributed by atoms with van der Waals surface area (Å²) in [6.07, 6.45) is 12.4. The van der Waals surface area contributed by atoms with Crippen molar-refractivity contribution in [3.05, 3.63) is 28.7 Å². The van der Waals surface area contributed by atoms with E-state index in [4.69, 9.17) is 11.6 Å². The lowest BCUT2D eigenvalue weighted by Crippen LogP contribution is -2.41. The molecule has 1 saturated carbocycles. The van der Waals surface area contributed by atoms with Gasteiger partial charge in [0.1, 0.15) is 5.15 Å². The lowest BCUT2D eigenvalue weighted by atomic mass is 9.85. The van der Waals surface area contributed by atoms with E-state index >= 15 is 0 Å². The number of halogens is 1. The molecule has 0 aromatic carbocycles. The molecule has 2 aromatic rings. The van der Waals surface area contributed by atoms with Crippen molar-refractivity contribution >= 4 is 22.5 Å². The second-order valence-corrected chi connectivity index (χ2v) is 9.14. The molecular formula is C22H33ClN4. The van der Waals surface area contributed by atoms with Crippen LogP contribution in [0.2, 0.25) is 5.15 Å². The van der Waals surface area contributed by atoms with Crippen LogP contribution in [0.3, 0.4) is 0 Å². The first-order chi connectivity index (χ1) is 13.1. The maximum atomic E-state index is 6.54. The minimum absolute atomic E-state index is 0.650. The number of rotatable bonds is 5. The molecule has 27 heavy (non-hydrogen) atoms. The molecule has 2 aliphatic rings. The van der Waals surface area contributed by atoms with E-state index in [1.165, 1.54) is 56.2 Å². The Morgan fingerprint density at radius 2 is 1.89 bits per heavy atom. The molecule has 1 saturated heterocycles. The number of likely N-dealkylation sites (tertiary alicyclic amines) is 1. The summed E-state index contributed by atoms with van der Waals surface area (Å²) in [5.41, 5.74) is 3.96. The average molecular weight is 389 g/mol. The Kier molecular flexibility index (Phi) is 6.05. The van der Waals surface area contributed by atoms with Crippen LogP contribution in [0.1, 0.15) is 56.2 Å². The third-order valence-corrected chi connectivity index (χ3v) is 7.03. The Morgan fingerprint density at radius 1 is 1.15 bits per heavy atom. The van der Waals surface area contributed by atoms with Gasteiger partial charge >= 0.3 is 0 Å². The van der Waals surface area contributed by atoms with E-state index in [1.807, 2.05) is 6.20 Å². The molecule has 0 radical (unpaired) electrons. The molecule has 0 bridgehead atoms. The highest BCUT2D eigenvalue weighted by molar-refractivity contribution is 6.34. The summed E-state index contributed by atoms with van der Waals surface area (Å²) in [5.74, 6) is 0.816. The number of fused-ring (bicyclic) bond motifs is 1. The number of pyridine rings is 1. The number of aromatic nitrogens is 2. The van der Waals surface area contributed by atoms with Gasteiger partial charge in [0, 0.05) is 29.9 Å². The predicted octanol–water partition coefficient (Wildman–Crippen LogP) is 4.87. The number of aromatic amines is 1. The van der Waals surface area contributed by atoms with Crippen LogP contribution in [0, 0.1) is 5.92 Å². The van der Waals surface area contributed by atoms with Crippen molar-refractivity contribution in [1.29, 1.82) is 0 Å². The van der Waals surface area contributed by atoms with Gasteiger partial charge in [-0.25, -0.2) is 4.98 Å². The van der Waals surface area contributed by atoms with Gasteiger partial charge in [-0.2, -0.15) is 0 Å². The molecule has 0 atom stereocenters. The van der Waals surface area contributed by atoms with Gasteiger partial charge in [-0.1, -0.05) is 43.7 Å². The first-order valence-electron chi connectivity index (χ1n) is 10.6. The van der Waals surface area contributed by atoms with E-state index in [-0.39, 0.29) is 0 Å². The Morgan fingerprint density at radius 3 is 2.59 bits per heavy atom. The molecule has 2 aromatic heterocycles. The van der Waals surface area contributed by atoms with Crippen molar-refractivity contribution in [1.82, 2.24) is 19.8 Å². The summed E-state index contributed by atoms with van der Waals surface area (Å²) in [6.45, 7) is 3.32. The molecular weight excluding hydrogens is 356 g/mol. The van der Waals surface area contributed by atoms with Crippen LogP contribution >= 0.6 is 11.6 Å². The third kappa shape index (κ3) is 4.33. The van der Waals surface area contributed by atoms with Crippen LogP contribution in [0.4, 0.5) is 0 Å². The van der Waals surface area contributed by atoms with E-state index in [0.29, 0.717) is 5.15 Å². The van der Waals surface area contributed by atoms with E-state index in [1.54, 1.807) is 0 Å². The van der Waals surface area contributed by atoms with Crippen molar-refractivity contribution in [2.24, 2.45) is 5.92 Å². The number of hydrogen-bond acceptors (Lipinski definition) is 3. The van der Waals surface area contributed by atoms with Crippen LogP contribution in [0.15, 0.2) is 12.3 Å². The third-order valence-electron chi connectivity index (χ3n) is 6.74. The minimum Gasteiger partial charge on any atom is -0.358 e. The molecule has 0 amide bonds. The summed E-state index contributed by atoms with van der Waals surface area (Å²) in [4.78, 5) is 13.1. The number of nitrogens with one attached hydrogen (secondary N) is 1. The Bertz CT molecular complexity index is 755. The van der Waals surface area contributed by atoms with Crippen LogP contribution in [0.25, 0.3) is 10.9 Å². The average Bonchev–Trinajstić information content (AvgIpc) is 3.01. The van der Waals surface area contributed by atoms with Crippen molar-refractivity contribution in [3.63, 3.8) is 0 Å². The Hall–Kier alpha value is -1.10. The fraction of sp³-hybridized carbons (Fsp3) is 0.682. The zero-order valence-corrected chi connectivity index (χ0v) is 17.6. The van der Waals surface area contributed by atoms with Crippen molar-refractivity contribution in [3.8, 4) is 0 Å². The quantitative estimate of drug-likeness (QED) is 0.742. The smallest absolute Gasteiger partial charge is 0.138 e. The fourth-order valence-corrected chi connectivity index (χ4v) is 5.33. The first kappa shape index (κ1) is 19.2. The fourth-order valence-electron chi connectivity index (χ4n) is 5.06. The maximum absolute atomic E-state index is 6.54. The molecule has 5 heteroatoms. The monoisotopic (exact) mass is 388 g/mol. The normalized spacial score (nSPS) is 20.7. The predicted molar refractivity (Wildman–Crippen MR) is 113 cm³/mol. The van der Waals surface area contributed by atoms with Crippen molar-refractivity contribution < 1.29 is 0 Å². The van der Waals surface area contributed by atoms with Gasteiger partial charge < -0.3 is 9.88 Å². The van der Waals surface area contributed by atoms with E-state index < -0.39 is 0 Å². The van der Waals surface area contributed by atoms with Gasteiger partial charge in [0.05, 0.1) is 5.52 Å². The summed E-state index contributed by atoms with van der Waals surface area (Å²) < 4.78 is 0. The van der Waals surface area contributed by atoms with Crippen molar-refractivity contribution in [2.75, 3.05) is 27.2 Å². The largest absolute Gasteiger partial charge is 0.358 e. The summed E-state index contributed by atoms with van der Waals surface area (Å²) in [6, 6.07) is 2.80. The van der Waals surface area contributed by atoms with Gasteiger partial charge in [-0.3, -0.25) is 4.90 Å². The molecule has 3 heterocycles. The Balaban J connectivity index is 1.56. The summed E-state index contributed by atoms with van der Waals surface area (Å²) in [7, 11) is 4.40. The Labute approximate surface area is 168 Å². The van der Waals surface area contributed by atoms with Gasteiger partial charge in [0.2, 0.25) is 0 Å². The zero-order valence-electron chi connectivity index (χ0n) is 16.8. The topological polar surface area (TPSA) is 35.2 Å². The number of hydrogen-bond donors (Lipinski definition) is 1. The molecule has 1 aliphatic carbocycles. The molecule has 4 nitrogen and oxygen atoms in total. The van der Waals surface area contributed by atoms with Crippen LogP contribution in [-0.2, 0) is 13.0 Å². The lowest BCUT2D eigenvalue weighted by molar-refractivity contribution is 0.140. The van der Waals surface area contributed by atoms with Gasteiger partial charge in [-0.15, -0.1) is 0 Å².